The van der Waals surface area contributed by atoms with Crippen LogP contribution in [0, 0.1) is 5.92 Å². The highest BCUT2D eigenvalue weighted by Gasteiger charge is 2.76. The molecule has 2 aliphatic rings. The molecule has 4 atom stereocenters. The number of carbonyl (C=O) groups is 2. The normalized spacial score (nSPS) is 23.3. The van der Waals surface area contributed by atoms with Crippen molar-refractivity contribution in [2.75, 3.05) is 21.3 Å². The molecule has 4 aromatic rings. The number of nitrogens with zero attached hydrogens (tertiary/aromatic N) is 2. The standard InChI is InChI=1S/C31H28N2O9/c1-38-20-11-9-19(10-12-20)30-25(18-7-5-4-6-8-18)26(28(34)41-29(35)33-14-13-32-17-33)31(36,37)27(30)24-22(40-3)15-21(39-2)16-23(24)42-30/h4-17,25-27,36-37H,1-3H3. The fourth-order valence-corrected chi connectivity index (χ4v) is 6.37. The lowest BCUT2D eigenvalue weighted by molar-refractivity contribution is -0.210. The van der Waals surface area contributed by atoms with Crippen LogP contribution in [-0.2, 0) is 15.1 Å². The van der Waals surface area contributed by atoms with Crippen molar-refractivity contribution in [3.8, 4) is 23.0 Å². The van der Waals surface area contributed by atoms with Crippen LogP contribution in [0.4, 0.5) is 4.79 Å². The minimum absolute atomic E-state index is 0.271. The summed E-state index contributed by atoms with van der Waals surface area (Å²) in [6, 6.07) is 19.0. The largest absolute Gasteiger partial charge is 0.497 e. The molecule has 0 spiro atoms. The molecule has 2 N–H and O–H groups in total. The zero-order valence-electron chi connectivity index (χ0n) is 23.0. The minimum atomic E-state index is -2.79. The van der Waals surface area contributed by atoms with Crippen LogP contribution in [0.15, 0.2) is 85.5 Å². The first-order valence-electron chi connectivity index (χ1n) is 13.1. The fraction of sp³-hybridized carbons (Fsp3) is 0.258. The number of fused-ring (bicyclic) bond motifs is 3. The maximum Gasteiger partial charge on any atom is 0.427 e. The summed E-state index contributed by atoms with van der Waals surface area (Å²) in [5.74, 6) is -6.40. The predicted octanol–water partition coefficient (Wildman–Crippen LogP) is 3.59. The molecule has 1 aliphatic heterocycles. The van der Waals surface area contributed by atoms with Crippen LogP contribution in [0.25, 0.3) is 0 Å². The van der Waals surface area contributed by atoms with Gasteiger partial charge in [-0.05, 0) is 23.3 Å². The number of esters is 1. The molecule has 0 radical (unpaired) electrons. The summed E-state index contributed by atoms with van der Waals surface area (Å²) in [5, 5.41) is 24.2. The highest BCUT2D eigenvalue weighted by Crippen LogP contribution is 2.71. The highest BCUT2D eigenvalue weighted by molar-refractivity contribution is 5.89. The number of rotatable bonds is 6. The van der Waals surface area contributed by atoms with Gasteiger partial charge in [0.15, 0.2) is 11.4 Å². The van der Waals surface area contributed by atoms with E-state index in [4.69, 9.17) is 23.7 Å². The Bertz CT molecular complexity index is 1620. The Morgan fingerprint density at radius 3 is 2.26 bits per heavy atom. The lowest BCUT2D eigenvalue weighted by Gasteiger charge is -2.36. The van der Waals surface area contributed by atoms with E-state index in [1.165, 1.54) is 40.1 Å². The zero-order valence-corrected chi connectivity index (χ0v) is 23.0. The minimum Gasteiger partial charge on any atom is -0.497 e. The highest BCUT2D eigenvalue weighted by atomic mass is 16.6. The van der Waals surface area contributed by atoms with Gasteiger partial charge in [0.25, 0.3) is 0 Å². The van der Waals surface area contributed by atoms with E-state index in [1.807, 2.05) is 0 Å². The van der Waals surface area contributed by atoms with Crippen molar-refractivity contribution in [3.05, 3.63) is 102 Å². The van der Waals surface area contributed by atoms with Crippen LogP contribution in [0.2, 0.25) is 0 Å². The third-order valence-corrected chi connectivity index (χ3v) is 8.06. The van der Waals surface area contributed by atoms with Crippen molar-refractivity contribution >= 4 is 12.1 Å². The molecule has 0 amide bonds. The van der Waals surface area contributed by atoms with Crippen LogP contribution in [0.5, 0.6) is 23.0 Å². The average molecular weight is 573 g/mol. The molecule has 11 heteroatoms. The topological polar surface area (TPSA) is 139 Å². The van der Waals surface area contributed by atoms with Crippen LogP contribution in [0.3, 0.4) is 0 Å². The summed E-state index contributed by atoms with van der Waals surface area (Å²) in [5.41, 5.74) is -0.167. The molecular formula is C31H28N2O9. The van der Waals surface area contributed by atoms with Crippen LogP contribution >= 0.6 is 0 Å². The smallest absolute Gasteiger partial charge is 0.427 e. The van der Waals surface area contributed by atoms with E-state index in [2.05, 4.69) is 4.98 Å². The van der Waals surface area contributed by atoms with Gasteiger partial charge in [0.05, 0.1) is 27.2 Å². The number of carbonyl (C=O) groups excluding carboxylic acids is 2. The SMILES string of the molecule is COc1ccc(C23Oc4cc(OC)cc(OC)c4C2C(O)(O)C(C(=O)OC(=O)n2ccnc2)C3c2ccccc2)cc1. The Morgan fingerprint density at radius 1 is 0.929 bits per heavy atom. The Morgan fingerprint density at radius 2 is 1.64 bits per heavy atom. The van der Waals surface area contributed by atoms with Crippen molar-refractivity contribution < 1.29 is 43.5 Å². The molecule has 1 fully saturated rings. The van der Waals surface area contributed by atoms with Crippen molar-refractivity contribution in [2.45, 2.75) is 23.2 Å². The number of imidazole rings is 1. The number of aromatic nitrogens is 2. The van der Waals surface area contributed by atoms with Crippen molar-refractivity contribution in [3.63, 3.8) is 0 Å². The number of ether oxygens (including phenoxy) is 5. The van der Waals surface area contributed by atoms with Gasteiger partial charge in [-0.1, -0.05) is 42.5 Å². The van der Waals surface area contributed by atoms with Gasteiger partial charge in [0.1, 0.15) is 35.2 Å². The van der Waals surface area contributed by atoms with E-state index in [0.29, 0.717) is 33.9 Å². The van der Waals surface area contributed by atoms with E-state index in [-0.39, 0.29) is 5.75 Å². The quantitative estimate of drug-likeness (QED) is 0.200. The molecule has 1 saturated carbocycles. The Kier molecular flexibility index (Phi) is 6.63. The van der Waals surface area contributed by atoms with E-state index in [1.54, 1.807) is 66.7 Å². The van der Waals surface area contributed by atoms with Crippen LogP contribution in [-0.4, -0.2) is 58.9 Å². The molecule has 0 saturated heterocycles. The van der Waals surface area contributed by atoms with Gasteiger partial charge in [-0.15, -0.1) is 0 Å². The summed E-state index contributed by atoms with van der Waals surface area (Å²) in [4.78, 5) is 30.5. The predicted molar refractivity (Wildman–Crippen MR) is 147 cm³/mol. The first-order valence-corrected chi connectivity index (χ1v) is 13.1. The first-order chi connectivity index (χ1) is 20.3. The van der Waals surface area contributed by atoms with Crippen LogP contribution < -0.4 is 18.9 Å². The fourth-order valence-electron chi connectivity index (χ4n) is 6.37. The molecule has 42 heavy (non-hydrogen) atoms. The summed E-state index contributed by atoms with van der Waals surface area (Å²) < 4.78 is 29.5. The van der Waals surface area contributed by atoms with E-state index >= 15 is 0 Å². The molecular weight excluding hydrogens is 544 g/mol. The molecule has 6 rings (SSSR count). The summed E-state index contributed by atoms with van der Waals surface area (Å²) >= 11 is 0. The molecule has 11 nitrogen and oxygen atoms in total. The maximum atomic E-state index is 13.9. The monoisotopic (exact) mass is 572 g/mol. The van der Waals surface area contributed by atoms with Crippen molar-refractivity contribution in [2.24, 2.45) is 5.92 Å². The molecule has 216 valence electrons. The lowest BCUT2D eigenvalue weighted by Crippen LogP contribution is -2.45. The van der Waals surface area contributed by atoms with E-state index in [0.717, 1.165) is 4.57 Å². The van der Waals surface area contributed by atoms with E-state index < -0.39 is 41.2 Å². The second kappa shape index (κ2) is 10.2. The summed E-state index contributed by atoms with van der Waals surface area (Å²) in [6.07, 6.45) is 2.80. The maximum absolute atomic E-state index is 13.9. The number of methoxy groups -OCH3 is 3. The second-order valence-electron chi connectivity index (χ2n) is 10.1. The van der Waals surface area contributed by atoms with Crippen molar-refractivity contribution in [1.82, 2.24) is 9.55 Å². The number of aliphatic hydroxyl groups is 2. The summed E-state index contributed by atoms with van der Waals surface area (Å²) in [7, 11) is 4.47. The third kappa shape index (κ3) is 4.00. The third-order valence-electron chi connectivity index (χ3n) is 8.06. The molecule has 1 aromatic heterocycles. The van der Waals surface area contributed by atoms with Gasteiger partial charge in [-0.2, -0.15) is 0 Å². The number of benzene rings is 3. The summed E-state index contributed by atoms with van der Waals surface area (Å²) in [6.45, 7) is 0. The molecule has 2 heterocycles. The lowest BCUT2D eigenvalue weighted by atomic mass is 9.73. The van der Waals surface area contributed by atoms with Crippen LogP contribution in [0.1, 0.15) is 28.5 Å². The van der Waals surface area contributed by atoms with Crippen molar-refractivity contribution in [1.29, 1.82) is 0 Å². The molecule has 0 bridgehead atoms. The molecule has 1 aliphatic carbocycles. The Hall–Kier alpha value is -4.87. The van der Waals surface area contributed by atoms with Gasteiger partial charge in [-0.3, -0.25) is 4.79 Å². The van der Waals surface area contributed by atoms with Gasteiger partial charge in [0, 0.05) is 36.0 Å². The van der Waals surface area contributed by atoms with E-state index in [9.17, 15) is 19.8 Å². The second-order valence-corrected chi connectivity index (χ2v) is 10.1. The average Bonchev–Trinajstić information content (AvgIpc) is 3.71. The number of hydrogen-bond donors (Lipinski definition) is 2. The number of hydrogen-bond acceptors (Lipinski definition) is 10. The zero-order chi connectivity index (χ0) is 29.6. The molecule has 3 aromatic carbocycles. The van der Waals surface area contributed by atoms with Gasteiger partial charge in [-0.25, -0.2) is 14.3 Å². The molecule has 4 unspecified atom stereocenters. The van der Waals surface area contributed by atoms with Gasteiger partial charge in [0.2, 0.25) is 0 Å². The Balaban J connectivity index is 1.61. The van der Waals surface area contributed by atoms with Gasteiger partial charge < -0.3 is 33.9 Å². The first kappa shape index (κ1) is 27.3. The Labute approximate surface area is 240 Å². The van der Waals surface area contributed by atoms with Gasteiger partial charge >= 0.3 is 12.1 Å².